The Morgan fingerprint density at radius 1 is 1.42 bits per heavy atom. The second-order valence-corrected chi connectivity index (χ2v) is 4.02. The molecule has 1 aromatic heterocycles. The van der Waals surface area contributed by atoms with Crippen LogP contribution in [0.2, 0.25) is 0 Å². The molecule has 6 heteroatoms. The maximum Gasteiger partial charge on any atom is 0.352 e. The van der Waals surface area contributed by atoms with Crippen molar-refractivity contribution in [3.63, 3.8) is 0 Å². The lowest BCUT2D eigenvalue weighted by atomic mass is 10.1. The number of hydrogen-bond donors (Lipinski definition) is 2. The van der Waals surface area contributed by atoms with E-state index in [2.05, 4.69) is 4.98 Å². The number of ether oxygens (including phenoxy) is 1. The van der Waals surface area contributed by atoms with Gasteiger partial charge in [0.05, 0.1) is 18.0 Å². The van der Waals surface area contributed by atoms with Gasteiger partial charge in [0, 0.05) is 11.1 Å². The molecule has 1 heterocycles. The van der Waals surface area contributed by atoms with E-state index in [4.69, 9.17) is 9.84 Å². The van der Waals surface area contributed by atoms with Crippen LogP contribution in [0.25, 0.3) is 10.9 Å². The van der Waals surface area contributed by atoms with Crippen LogP contribution < -0.4 is 10.2 Å². The van der Waals surface area contributed by atoms with Gasteiger partial charge in [0.15, 0.2) is 5.43 Å². The molecule has 0 atom stereocenters. The van der Waals surface area contributed by atoms with Crippen molar-refractivity contribution in [3.8, 4) is 5.75 Å². The minimum absolute atomic E-state index is 0.0881. The van der Waals surface area contributed by atoms with E-state index in [1.54, 1.807) is 0 Å². The predicted octanol–water partition coefficient (Wildman–Crippen LogP) is 1.36. The van der Waals surface area contributed by atoms with Crippen LogP contribution in [0.4, 0.5) is 0 Å². The Balaban J connectivity index is 2.99. The number of methoxy groups -OCH3 is 1. The summed E-state index contributed by atoms with van der Waals surface area (Å²) in [6.45, 7) is 1.42. The highest BCUT2D eigenvalue weighted by molar-refractivity contribution is 5.95. The summed E-state index contributed by atoms with van der Waals surface area (Å²) in [6.07, 6.45) is 0.599. The molecule has 2 rings (SSSR count). The molecule has 2 aromatic rings. The molecule has 19 heavy (non-hydrogen) atoms. The van der Waals surface area contributed by atoms with Gasteiger partial charge in [-0.25, -0.2) is 4.79 Å². The number of fused-ring (bicyclic) bond motifs is 1. The molecule has 0 spiro atoms. The molecule has 0 radical (unpaired) electrons. The standard InChI is InChI=1S/C13H11NO5/c1-6-10(13(17)18)14-11-8(12(6)16)3-7(5-15)4-9(11)19-2/h3-5H,1-2H3,(H,14,16)(H,17,18). The lowest BCUT2D eigenvalue weighted by Gasteiger charge is -2.09. The lowest BCUT2D eigenvalue weighted by Crippen LogP contribution is -2.16. The molecule has 0 unspecified atom stereocenters. The Labute approximate surface area is 107 Å². The smallest absolute Gasteiger partial charge is 0.352 e. The van der Waals surface area contributed by atoms with Crippen LogP contribution in [0.3, 0.4) is 0 Å². The van der Waals surface area contributed by atoms with Crippen LogP contribution in [0, 0.1) is 6.92 Å². The fourth-order valence-electron chi connectivity index (χ4n) is 1.92. The first kappa shape index (κ1) is 12.8. The first-order valence-corrected chi connectivity index (χ1v) is 5.42. The Hall–Kier alpha value is -2.63. The minimum Gasteiger partial charge on any atom is -0.495 e. The molecule has 0 aliphatic rings. The molecule has 0 saturated heterocycles. The second kappa shape index (κ2) is 4.56. The van der Waals surface area contributed by atoms with Gasteiger partial charge in [-0.1, -0.05) is 0 Å². The summed E-state index contributed by atoms with van der Waals surface area (Å²) in [5, 5.41) is 9.27. The number of hydrogen-bond acceptors (Lipinski definition) is 4. The number of carbonyl (C=O) groups is 2. The number of aromatic nitrogens is 1. The quantitative estimate of drug-likeness (QED) is 0.813. The van der Waals surface area contributed by atoms with Gasteiger partial charge in [-0.05, 0) is 19.1 Å². The highest BCUT2D eigenvalue weighted by Gasteiger charge is 2.16. The Kier molecular flexibility index (Phi) is 3.08. The highest BCUT2D eigenvalue weighted by atomic mass is 16.5. The van der Waals surface area contributed by atoms with Gasteiger partial charge in [-0.15, -0.1) is 0 Å². The lowest BCUT2D eigenvalue weighted by molar-refractivity contribution is 0.0689. The summed E-state index contributed by atoms with van der Waals surface area (Å²) in [6, 6.07) is 2.84. The summed E-state index contributed by atoms with van der Waals surface area (Å²) in [5.74, 6) is -0.975. The molecule has 0 aliphatic carbocycles. The van der Waals surface area contributed by atoms with Crippen molar-refractivity contribution < 1.29 is 19.4 Å². The van der Waals surface area contributed by atoms with E-state index >= 15 is 0 Å². The number of carbonyl (C=O) groups excluding carboxylic acids is 1. The Morgan fingerprint density at radius 3 is 2.63 bits per heavy atom. The number of aromatic carboxylic acids is 1. The van der Waals surface area contributed by atoms with Gasteiger partial charge >= 0.3 is 5.97 Å². The molecular formula is C13H11NO5. The van der Waals surface area contributed by atoms with E-state index in [-0.39, 0.29) is 33.5 Å². The monoisotopic (exact) mass is 261 g/mol. The van der Waals surface area contributed by atoms with Gasteiger partial charge in [0.2, 0.25) is 0 Å². The average molecular weight is 261 g/mol. The first-order valence-electron chi connectivity index (χ1n) is 5.42. The van der Waals surface area contributed by atoms with E-state index in [1.807, 2.05) is 0 Å². The van der Waals surface area contributed by atoms with Crippen molar-refractivity contribution in [3.05, 3.63) is 39.2 Å². The van der Waals surface area contributed by atoms with Crippen LogP contribution >= 0.6 is 0 Å². The number of aldehydes is 1. The molecule has 2 N–H and O–H groups in total. The van der Waals surface area contributed by atoms with E-state index in [0.717, 1.165) is 0 Å². The maximum absolute atomic E-state index is 12.1. The molecule has 0 saturated carbocycles. The van der Waals surface area contributed by atoms with Gasteiger partial charge < -0.3 is 14.8 Å². The van der Waals surface area contributed by atoms with Gasteiger partial charge in [-0.2, -0.15) is 0 Å². The summed E-state index contributed by atoms with van der Waals surface area (Å²) >= 11 is 0. The number of benzene rings is 1. The van der Waals surface area contributed by atoms with Crippen molar-refractivity contribution in [2.75, 3.05) is 7.11 Å². The van der Waals surface area contributed by atoms with Crippen molar-refractivity contribution >= 4 is 23.2 Å². The maximum atomic E-state index is 12.1. The SMILES string of the molecule is COc1cc(C=O)cc2c(=O)c(C)c(C(=O)O)[nH]c12. The minimum atomic E-state index is -1.22. The Morgan fingerprint density at radius 2 is 2.11 bits per heavy atom. The highest BCUT2D eigenvalue weighted by Crippen LogP contribution is 2.24. The fourth-order valence-corrected chi connectivity index (χ4v) is 1.92. The van der Waals surface area contributed by atoms with Crippen molar-refractivity contribution in [2.45, 2.75) is 6.92 Å². The molecule has 0 amide bonds. The molecule has 0 fully saturated rings. The normalized spacial score (nSPS) is 10.4. The predicted molar refractivity (Wildman–Crippen MR) is 68.2 cm³/mol. The Bertz CT molecular complexity index is 745. The molecule has 0 aliphatic heterocycles. The van der Waals surface area contributed by atoms with Crippen LogP contribution in [-0.4, -0.2) is 29.5 Å². The third kappa shape index (κ3) is 1.97. The zero-order chi connectivity index (χ0) is 14.2. The number of nitrogens with one attached hydrogen (secondary N) is 1. The number of pyridine rings is 1. The zero-order valence-electron chi connectivity index (χ0n) is 10.3. The van der Waals surface area contributed by atoms with Gasteiger partial charge in [0.1, 0.15) is 17.7 Å². The summed E-state index contributed by atoms with van der Waals surface area (Å²) in [4.78, 5) is 36.7. The summed E-state index contributed by atoms with van der Waals surface area (Å²) < 4.78 is 5.08. The van der Waals surface area contributed by atoms with Crippen molar-refractivity contribution in [1.82, 2.24) is 4.98 Å². The zero-order valence-corrected chi connectivity index (χ0v) is 10.3. The van der Waals surface area contributed by atoms with Gasteiger partial charge in [-0.3, -0.25) is 9.59 Å². The first-order chi connectivity index (χ1) is 8.99. The van der Waals surface area contributed by atoms with E-state index < -0.39 is 11.4 Å². The van der Waals surface area contributed by atoms with Crippen LogP contribution in [0.1, 0.15) is 26.4 Å². The van der Waals surface area contributed by atoms with Crippen molar-refractivity contribution in [1.29, 1.82) is 0 Å². The number of rotatable bonds is 3. The van der Waals surface area contributed by atoms with E-state index in [1.165, 1.54) is 26.2 Å². The molecule has 1 aromatic carbocycles. The molecule has 0 bridgehead atoms. The average Bonchev–Trinajstić information content (AvgIpc) is 2.41. The summed E-state index contributed by atoms with van der Waals surface area (Å²) in [7, 11) is 1.38. The van der Waals surface area contributed by atoms with Crippen LogP contribution in [-0.2, 0) is 0 Å². The van der Waals surface area contributed by atoms with Gasteiger partial charge in [0.25, 0.3) is 0 Å². The molecule has 98 valence electrons. The molecular weight excluding hydrogens is 250 g/mol. The second-order valence-electron chi connectivity index (χ2n) is 4.02. The summed E-state index contributed by atoms with van der Waals surface area (Å²) in [5.41, 5.74) is 0.0198. The van der Waals surface area contributed by atoms with Crippen LogP contribution in [0.15, 0.2) is 16.9 Å². The van der Waals surface area contributed by atoms with E-state index in [9.17, 15) is 14.4 Å². The van der Waals surface area contributed by atoms with Crippen LogP contribution in [0.5, 0.6) is 5.75 Å². The number of aromatic amines is 1. The van der Waals surface area contributed by atoms with E-state index in [0.29, 0.717) is 6.29 Å². The fraction of sp³-hybridized carbons (Fsp3) is 0.154. The largest absolute Gasteiger partial charge is 0.495 e. The number of carboxylic acid groups (broad SMARTS) is 1. The molecule has 6 nitrogen and oxygen atoms in total. The third-order valence-corrected chi connectivity index (χ3v) is 2.90. The number of H-pyrrole nitrogens is 1. The topological polar surface area (TPSA) is 96.5 Å². The van der Waals surface area contributed by atoms with Crippen molar-refractivity contribution in [2.24, 2.45) is 0 Å². The third-order valence-electron chi connectivity index (χ3n) is 2.90. The number of carboxylic acids is 1.